The first-order chi connectivity index (χ1) is 22.4. The maximum absolute atomic E-state index is 14.1. The van der Waals surface area contributed by atoms with Gasteiger partial charge in [0.2, 0.25) is 0 Å². The fourth-order valence-corrected chi connectivity index (χ4v) is 6.03. The van der Waals surface area contributed by atoms with Gasteiger partial charge in [0.1, 0.15) is 17.8 Å². The van der Waals surface area contributed by atoms with Crippen molar-refractivity contribution in [2.45, 2.75) is 38.6 Å². The molecule has 1 saturated carbocycles. The summed E-state index contributed by atoms with van der Waals surface area (Å²) >= 11 is 9.65. The molecule has 5 aromatic rings. The van der Waals surface area contributed by atoms with E-state index in [0.29, 0.717) is 38.7 Å². The van der Waals surface area contributed by atoms with Gasteiger partial charge in [0.25, 0.3) is 11.8 Å². The molecule has 2 amide bonds. The number of fused-ring (bicyclic) bond motifs is 1. The van der Waals surface area contributed by atoms with Crippen LogP contribution in [0.4, 0.5) is 0 Å². The summed E-state index contributed by atoms with van der Waals surface area (Å²) in [6.07, 6.45) is 5.43. The molecule has 10 nitrogen and oxygen atoms in total. The van der Waals surface area contributed by atoms with E-state index >= 15 is 0 Å². The van der Waals surface area contributed by atoms with Crippen molar-refractivity contribution in [3.05, 3.63) is 128 Å². The molecular formula is C34H28BrClN6O4. The van der Waals surface area contributed by atoms with E-state index in [1.54, 1.807) is 46.0 Å². The van der Waals surface area contributed by atoms with Gasteiger partial charge in [0.05, 0.1) is 34.7 Å². The van der Waals surface area contributed by atoms with Crippen molar-refractivity contribution in [3.8, 4) is 22.7 Å². The molecule has 3 heterocycles. The zero-order valence-corrected chi connectivity index (χ0v) is 26.9. The molecule has 46 heavy (non-hydrogen) atoms. The Kier molecular flexibility index (Phi) is 8.18. The van der Waals surface area contributed by atoms with Crippen LogP contribution in [-0.2, 0) is 19.6 Å². The monoisotopic (exact) mass is 698 g/mol. The minimum Gasteiger partial charge on any atom is -0.490 e. The molecule has 2 aliphatic rings. The van der Waals surface area contributed by atoms with Crippen LogP contribution in [0.25, 0.3) is 16.9 Å². The van der Waals surface area contributed by atoms with E-state index in [-0.39, 0.29) is 43.0 Å². The summed E-state index contributed by atoms with van der Waals surface area (Å²) < 4.78 is 9.59. The molecule has 7 rings (SSSR count). The number of rotatable bonds is 8. The molecule has 12 heteroatoms. The molecule has 0 atom stereocenters. The normalized spacial score (nSPS) is 14.1. The molecule has 0 spiro atoms. The highest BCUT2D eigenvalue weighted by Crippen LogP contribution is 2.29. The Morgan fingerprint density at radius 3 is 2.57 bits per heavy atom. The number of halogens is 2. The number of hydrogen-bond donors (Lipinski definition) is 1. The SMILES string of the molecule is O=C(NCc1ccccc1-c1ccncn1)c1c2n(c(=O)n1-c1ccc(OC3CC3)cc1)CCN(C(=O)c1ccc(Br)c(Cl)c1)C2. The zero-order valence-electron chi connectivity index (χ0n) is 24.5. The van der Waals surface area contributed by atoms with Crippen molar-refractivity contribution < 1.29 is 14.3 Å². The second-order valence-electron chi connectivity index (χ2n) is 11.2. The lowest BCUT2D eigenvalue weighted by Gasteiger charge is -2.28. The maximum Gasteiger partial charge on any atom is 0.333 e. The van der Waals surface area contributed by atoms with Gasteiger partial charge in [-0.15, -0.1) is 0 Å². The lowest BCUT2D eigenvalue weighted by Crippen LogP contribution is -2.41. The molecule has 0 unspecified atom stereocenters. The zero-order chi connectivity index (χ0) is 31.8. The molecule has 1 fully saturated rings. The third kappa shape index (κ3) is 5.95. The van der Waals surface area contributed by atoms with Crippen LogP contribution in [0.3, 0.4) is 0 Å². The summed E-state index contributed by atoms with van der Waals surface area (Å²) in [5.41, 5.74) is 3.66. The lowest BCUT2D eigenvalue weighted by atomic mass is 10.0. The van der Waals surface area contributed by atoms with Crippen molar-refractivity contribution in [3.63, 3.8) is 0 Å². The predicted octanol–water partition coefficient (Wildman–Crippen LogP) is 5.64. The number of hydrogen-bond acceptors (Lipinski definition) is 6. The van der Waals surface area contributed by atoms with Gasteiger partial charge in [-0.2, -0.15) is 0 Å². The summed E-state index contributed by atoms with van der Waals surface area (Å²) in [6, 6.07) is 21.7. The van der Waals surface area contributed by atoms with Gasteiger partial charge >= 0.3 is 5.69 Å². The van der Waals surface area contributed by atoms with Gasteiger partial charge in [-0.3, -0.25) is 18.7 Å². The lowest BCUT2D eigenvalue weighted by molar-refractivity contribution is 0.0706. The van der Waals surface area contributed by atoms with Crippen molar-refractivity contribution in [2.24, 2.45) is 0 Å². The Morgan fingerprint density at radius 2 is 1.83 bits per heavy atom. The van der Waals surface area contributed by atoms with E-state index in [1.165, 1.54) is 10.9 Å². The maximum atomic E-state index is 14.1. The molecule has 2 aromatic heterocycles. The van der Waals surface area contributed by atoms with Crippen LogP contribution in [0.5, 0.6) is 5.75 Å². The first-order valence-electron chi connectivity index (χ1n) is 14.9. The van der Waals surface area contributed by atoms with Gasteiger partial charge in [-0.25, -0.2) is 14.8 Å². The molecule has 3 aromatic carbocycles. The Morgan fingerprint density at radius 1 is 1.02 bits per heavy atom. The van der Waals surface area contributed by atoms with Crippen LogP contribution in [-0.4, -0.2) is 48.5 Å². The topological polar surface area (TPSA) is 111 Å². The molecular weight excluding hydrogens is 672 g/mol. The number of amides is 2. The second kappa shape index (κ2) is 12.6. The van der Waals surface area contributed by atoms with Gasteiger partial charge in [-0.05, 0) is 82.9 Å². The predicted molar refractivity (Wildman–Crippen MR) is 176 cm³/mol. The Labute approximate surface area is 277 Å². The summed E-state index contributed by atoms with van der Waals surface area (Å²) in [7, 11) is 0. The van der Waals surface area contributed by atoms with E-state index in [1.807, 2.05) is 42.5 Å². The molecule has 0 saturated heterocycles. The first-order valence-corrected chi connectivity index (χ1v) is 16.0. The van der Waals surface area contributed by atoms with Crippen LogP contribution in [0.1, 0.15) is 44.9 Å². The largest absolute Gasteiger partial charge is 0.490 e. The highest BCUT2D eigenvalue weighted by molar-refractivity contribution is 9.10. The molecule has 1 N–H and O–H groups in total. The molecule has 1 aliphatic carbocycles. The van der Waals surface area contributed by atoms with Gasteiger partial charge in [0, 0.05) is 41.4 Å². The summed E-state index contributed by atoms with van der Waals surface area (Å²) in [5.74, 6) is 0.0238. The van der Waals surface area contributed by atoms with Crippen molar-refractivity contribution in [1.82, 2.24) is 29.3 Å². The number of imidazole rings is 1. The number of nitrogens with zero attached hydrogens (tertiary/aromatic N) is 5. The minimum absolute atomic E-state index is 0.0674. The third-order valence-corrected chi connectivity index (χ3v) is 9.32. The molecule has 0 bridgehead atoms. The Bertz CT molecular complexity index is 2010. The summed E-state index contributed by atoms with van der Waals surface area (Å²) in [4.78, 5) is 51.6. The van der Waals surface area contributed by atoms with E-state index in [4.69, 9.17) is 16.3 Å². The average molecular weight is 700 g/mol. The highest BCUT2D eigenvalue weighted by Gasteiger charge is 2.32. The minimum atomic E-state index is -0.442. The van der Waals surface area contributed by atoms with E-state index in [9.17, 15) is 14.4 Å². The van der Waals surface area contributed by atoms with E-state index in [0.717, 1.165) is 29.7 Å². The van der Waals surface area contributed by atoms with Crippen molar-refractivity contribution in [1.29, 1.82) is 0 Å². The quantitative estimate of drug-likeness (QED) is 0.225. The van der Waals surface area contributed by atoms with Crippen LogP contribution < -0.4 is 15.7 Å². The number of ether oxygens (including phenoxy) is 1. The van der Waals surface area contributed by atoms with Gasteiger partial charge in [-0.1, -0.05) is 35.9 Å². The van der Waals surface area contributed by atoms with Gasteiger partial charge in [0.15, 0.2) is 0 Å². The molecule has 1 aliphatic heterocycles. The first kappa shape index (κ1) is 29.9. The number of carbonyl (C=O) groups is 2. The highest BCUT2D eigenvalue weighted by atomic mass is 79.9. The number of benzene rings is 3. The van der Waals surface area contributed by atoms with Crippen LogP contribution in [0.2, 0.25) is 5.02 Å². The number of carbonyl (C=O) groups excluding carboxylic acids is 2. The summed E-state index contributed by atoms with van der Waals surface area (Å²) in [5, 5.41) is 3.45. The average Bonchev–Trinajstić information content (AvgIpc) is 3.86. The van der Waals surface area contributed by atoms with Crippen molar-refractivity contribution >= 4 is 39.3 Å². The van der Waals surface area contributed by atoms with Crippen molar-refractivity contribution in [2.75, 3.05) is 6.54 Å². The van der Waals surface area contributed by atoms with Crippen LogP contribution >= 0.6 is 27.5 Å². The van der Waals surface area contributed by atoms with Crippen LogP contribution in [0, 0.1) is 0 Å². The van der Waals surface area contributed by atoms with E-state index < -0.39 is 5.91 Å². The number of aromatic nitrogens is 4. The second-order valence-corrected chi connectivity index (χ2v) is 12.4. The van der Waals surface area contributed by atoms with E-state index in [2.05, 4.69) is 31.2 Å². The molecule has 232 valence electrons. The number of nitrogens with one attached hydrogen (secondary N) is 1. The Balaban J connectivity index is 1.24. The smallest absolute Gasteiger partial charge is 0.333 e. The molecule has 0 radical (unpaired) electrons. The fraction of sp³-hybridized carbons (Fsp3) is 0.206. The van der Waals surface area contributed by atoms with Gasteiger partial charge < -0.3 is 15.0 Å². The standard InChI is InChI=1S/C34H28BrClN6O4/c35-27-12-5-21(17-28(27)36)33(44)40-15-16-41-30(19-40)31(42(34(41)45)23-6-8-24(9-7-23)46-25-10-11-25)32(43)38-18-22-3-1-2-4-26(22)29-13-14-37-20-39-29/h1-9,12-14,17,20,25H,10-11,15-16,18-19H2,(H,38,43). The summed E-state index contributed by atoms with van der Waals surface area (Å²) in [6.45, 7) is 0.783. The Hall–Kier alpha value is -4.74. The third-order valence-electron chi connectivity index (χ3n) is 8.08. The fourth-order valence-electron chi connectivity index (χ4n) is 5.60. The van der Waals surface area contributed by atoms with Crippen LogP contribution in [0.15, 0.2) is 94.6 Å².